The molecule has 0 atom stereocenters. The van der Waals surface area contributed by atoms with Crippen LogP contribution in [0, 0.1) is 0 Å². The third-order valence-corrected chi connectivity index (χ3v) is 3.06. The maximum Gasteiger partial charge on any atom is 0.388 e. The summed E-state index contributed by atoms with van der Waals surface area (Å²) in [5, 5.41) is 0.373. The Morgan fingerprint density at radius 1 is 1.14 bits per heavy atom. The molecular weight excluding hydrogens is 306 g/mol. The number of aromatic amines is 2. The van der Waals surface area contributed by atoms with Crippen molar-refractivity contribution in [3.05, 3.63) is 40.0 Å². The van der Waals surface area contributed by atoms with E-state index in [0.29, 0.717) is 27.3 Å². The average Bonchev–Trinajstić information content (AvgIpc) is 2.82. The number of halogens is 3. The summed E-state index contributed by atoms with van der Waals surface area (Å²) in [5.74, 6) is -0.290. The monoisotopic (exact) mass is 312 g/mol. The van der Waals surface area contributed by atoms with Gasteiger partial charge in [-0.1, -0.05) is 11.6 Å². The maximum atomic E-state index is 12.1. The van der Waals surface area contributed by atoms with Crippen molar-refractivity contribution in [2.24, 2.45) is 0 Å². The highest BCUT2D eigenvalue weighted by Gasteiger charge is 2.12. The zero-order chi connectivity index (χ0) is 15.0. The van der Waals surface area contributed by atoms with Gasteiger partial charge >= 0.3 is 12.3 Å². The van der Waals surface area contributed by atoms with Gasteiger partial charge in [0.25, 0.3) is 0 Å². The van der Waals surface area contributed by atoms with E-state index >= 15 is 0 Å². The van der Waals surface area contributed by atoms with Gasteiger partial charge in [-0.3, -0.25) is 0 Å². The van der Waals surface area contributed by atoms with Gasteiger partial charge in [-0.2, -0.15) is 8.78 Å². The molecule has 6 nitrogen and oxygen atoms in total. The van der Waals surface area contributed by atoms with Gasteiger partial charge < -0.3 is 14.7 Å². The second kappa shape index (κ2) is 5.13. The van der Waals surface area contributed by atoms with Crippen molar-refractivity contribution in [1.29, 1.82) is 0 Å². The Balaban J connectivity index is 2.08. The topological polar surface area (TPSA) is 83.7 Å². The van der Waals surface area contributed by atoms with Gasteiger partial charge in [0, 0.05) is 5.56 Å². The molecule has 0 unspecified atom stereocenters. The van der Waals surface area contributed by atoms with Crippen molar-refractivity contribution >= 4 is 22.6 Å². The lowest BCUT2D eigenvalue weighted by molar-refractivity contribution is -0.0530. The first-order valence-electron chi connectivity index (χ1n) is 5.72. The molecule has 2 heterocycles. The summed E-state index contributed by atoms with van der Waals surface area (Å²) in [6, 6.07) is 3.24. The zero-order valence-corrected chi connectivity index (χ0v) is 11.0. The van der Waals surface area contributed by atoms with Crippen molar-refractivity contribution < 1.29 is 13.5 Å². The Morgan fingerprint density at radius 3 is 2.57 bits per heavy atom. The number of H-pyrrole nitrogens is 2. The third-order valence-electron chi connectivity index (χ3n) is 2.75. The van der Waals surface area contributed by atoms with Crippen LogP contribution in [0.2, 0.25) is 5.02 Å². The molecule has 0 aliphatic rings. The quantitative estimate of drug-likeness (QED) is 0.778. The van der Waals surface area contributed by atoms with Crippen molar-refractivity contribution in [3.63, 3.8) is 0 Å². The molecule has 0 aliphatic heterocycles. The number of alkyl halides is 2. The number of nitrogens with zero attached hydrogens (tertiary/aromatic N) is 2. The highest BCUT2D eigenvalue weighted by molar-refractivity contribution is 6.35. The summed E-state index contributed by atoms with van der Waals surface area (Å²) in [6.45, 7) is -2.96. The van der Waals surface area contributed by atoms with Crippen LogP contribution in [0.5, 0.6) is 5.88 Å². The van der Waals surface area contributed by atoms with Crippen LogP contribution in [-0.2, 0) is 0 Å². The molecule has 2 aromatic heterocycles. The van der Waals surface area contributed by atoms with Crippen molar-refractivity contribution in [2.75, 3.05) is 0 Å². The minimum absolute atomic E-state index is 0.290. The standard InChI is InChI=1S/C12H7ClF2N4O2/c13-6-2-1-5(9-10(6)19-12(20)18-9)7-3-17-8(4-16-7)21-11(14)15/h1-4,11H,(H2,18,19,20). The van der Waals surface area contributed by atoms with Crippen LogP contribution in [0.15, 0.2) is 29.3 Å². The highest BCUT2D eigenvalue weighted by Crippen LogP contribution is 2.29. The number of imidazole rings is 1. The predicted molar refractivity (Wildman–Crippen MR) is 71.6 cm³/mol. The lowest BCUT2D eigenvalue weighted by Gasteiger charge is -2.05. The molecule has 3 aromatic rings. The number of ether oxygens (including phenoxy) is 1. The van der Waals surface area contributed by atoms with Gasteiger partial charge in [-0.05, 0) is 12.1 Å². The van der Waals surface area contributed by atoms with E-state index in [1.54, 1.807) is 12.1 Å². The first-order valence-corrected chi connectivity index (χ1v) is 6.10. The summed E-state index contributed by atoms with van der Waals surface area (Å²) in [6.07, 6.45) is 2.35. The van der Waals surface area contributed by atoms with E-state index in [9.17, 15) is 13.6 Å². The molecule has 0 saturated heterocycles. The molecule has 3 rings (SSSR count). The molecule has 0 aliphatic carbocycles. The van der Waals surface area contributed by atoms with Crippen molar-refractivity contribution in [2.45, 2.75) is 6.61 Å². The van der Waals surface area contributed by atoms with Gasteiger partial charge in [-0.25, -0.2) is 14.8 Å². The van der Waals surface area contributed by atoms with Crippen LogP contribution in [0.4, 0.5) is 8.78 Å². The van der Waals surface area contributed by atoms with Crippen LogP contribution in [0.1, 0.15) is 0 Å². The fourth-order valence-corrected chi connectivity index (χ4v) is 2.11. The Labute approximate surface area is 120 Å². The van der Waals surface area contributed by atoms with E-state index < -0.39 is 12.3 Å². The van der Waals surface area contributed by atoms with E-state index in [2.05, 4.69) is 24.7 Å². The third kappa shape index (κ3) is 2.57. The second-order valence-electron chi connectivity index (χ2n) is 4.04. The van der Waals surface area contributed by atoms with Crippen LogP contribution in [0.3, 0.4) is 0 Å². The summed E-state index contributed by atoms with van der Waals surface area (Å²) in [5.41, 5.74) is 1.43. The molecule has 1 aromatic carbocycles. The lowest BCUT2D eigenvalue weighted by atomic mass is 10.1. The Morgan fingerprint density at radius 2 is 1.90 bits per heavy atom. The number of benzene rings is 1. The van der Waals surface area contributed by atoms with E-state index in [1.807, 2.05) is 0 Å². The number of fused-ring (bicyclic) bond motifs is 1. The number of rotatable bonds is 3. The fourth-order valence-electron chi connectivity index (χ4n) is 1.91. The van der Waals surface area contributed by atoms with Crippen LogP contribution in [-0.4, -0.2) is 26.5 Å². The molecule has 0 fully saturated rings. The molecule has 9 heteroatoms. The molecule has 0 amide bonds. The molecular formula is C12H7ClF2N4O2. The van der Waals surface area contributed by atoms with Crippen LogP contribution < -0.4 is 10.4 Å². The van der Waals surface area contributed by atoms with Gasteiger partial charge in [0.1, 0.15) is 0 Å². The van der Waals surface area contributed by atoms with Crippen molar-refractivity contribution in [3.8, 4) is 17.1 Å². The molecule has 108 valence electrons. The smallest absolute Gasteiger partial charge is 0.388 e. The SMILES string of the molecule is O=c1[nH]c2c(Cl)ccc(-c3cnc(OC(F)F)cn3)c2[nH]1. The van der Waals surface area contributed by atoms with E-state index in [4.69, 9.17) is 11.6 Å². The van der Waals surface area contributed by atoms with Crippen LogP contribution >= 0.6 is 11.6 Å². The zero-order valence-electron chi connectivity index (χ0n) is 10.2. The molecule has 0 spiro atoms. The predicted octanol–water partition coefficient (Wildman–Crippen LogP) is 2.57. The molecule has 2 N–H and O–H groups in total. The Bertz CT molecular complexity index is 845. The van der Waals surface area contributed by atoms with E-state index in [1.165, 1.54) is 6.20 Å². The number of nitrogens with one attached hydrogen (secondary N) is 2. The number of hydrogen-bond acceptors (Lipinski definition) is 4. The number of aromatic nitrogens is 4. The van der Waals surface area contributed by atoms with Gasteiger partial charge in [0.15, 0.2) is 0 Å². The summed E-state index contributed by atoms with van der Waals surface area (Å²) in [7, 11) is 0. The normalized spacial score (nSPS) is 11.2. The first kappa shape index (κ1) is 13.5. The number of hydrogen-bond donors (Lipinski definition) is 2. The summed E-state index contributed by atoms with van der Waals surface area (Å²) < 4.78 is 28.2. The Hall–Kier alpha value is -2.48. The largest absolute Gasteiger partial charge is 0.415 e. The van der Waals surface area contributed by atoms with Crippen LogP contribution in [0.25, 0.3) is 22.3 Å². The fraction of sp³-hybridized carbons (Fsp3) is 0.0833. The lowest BCUT2D eigenvalue weighted by Crippen LogP contribution is -2.04. The van der Waals surface area contributed by atoms with E-state index in [0.717, 1.165) is 6.20 Å². The highest BCUT2D eigenvalue weighted by atomic mass is 35.5. The average molecular weight is 313 g/mol. The second-order valence-corrected chi connectivity index (χ2v) is 4.45. The Kier molecular flexibility index (Phi) is 3.30. The molecule has 0 saturated carbocycles. The maximum absolute atomic E-state index is 12.1. The summed E-state index contributed by atoms with van der Waals surface area (Å²) >= 11 is 5.98. The van der Waals surface area contributed by atoms with Gasteiger partial charge in [0.2, 0.25) is 5.88 Å². The molecule has 0 bridgehead atoms. The van der Waals surface area contributed by atoms with Gasteiger partial charge in [0.05, 0.1) is 34.1 Å². The first-order chi connectivity index (χ1) is 10.0. The molecule has 0 radical (unpaired) electrons. The van der Waals surface area contributed by atoms with E-state index in [-0.39, 0.29) is 5.88 Å². The summed E-state index contributed by atoms with van der Waals surface area (Å²) in [4.78, 5) is 24.3. The minimum atomic E-state index is -2.96. The van der Waals surface area contributed by atoms with Gasteiger partial charge in [-0.15, -0.1) is 0 Å². The minimum Gasteiger partial charge on any atom is -0.415 e. The molecule has 21 heavy (non-hydrogen) atoms. The van der Waals surface area contributed by atoms with Crippen molar-refractivity contribution in [1.82, 2.24) is 19.9 Å².